The molecule has 0 unspecified atom stereocenters. The number of carbonyl (C=O) groups excluding carboxylic acids is 1. The fraction of sp³-hybridized carbons (Fsp3) is 0.286. The van der Waals surface area contributed by atoms with Crippen LogP contribution in [0.5, 0.6) is 0 Å². The van der Waals surface area contributed by atoms with E-state index in [1.807, 2.05) is 39.0 Å². The van der Waals surface area contributed by atoms with E-state index in [-0.39, 0.29) is 5.91 Å². The molecule has 1 amide bonds. The number of carbonyl (C=O) groups is 1. The predicted molar refractivity (Wildman–Crippen MR) is 71.8 cm³/mol. The Kier molecular flexibility index (Phi) is 3.19. The molecule has 4 nitrogen and oxygen atoms in total. The van der Waals surface area contributed by atoms with Crippen LogP contribution in [0.15, 0.2) is 24.3 Å². The Hall–Kier alpha value is -2.10. The van der Waals surface area contributed by atoms with Gasteiger partial charge in [-0.25, -0.2) is 0 Å². The maximum absolute atomic E-state index is 12.1. The normalized spacial score (nSPS) is 10.4. The van der Waals surface area contributed by atoms with Crippen molar-refractivity contribution in [3.63, 3.8) is 0 Å². The molecule has 0 spiro atoms. The Morgan fingerprint density at radius 2 is 1.94 bits per heavy atom. The van der Waals surface area contributed by atoms with Crippen molar-refractivity contribution in [1.82, 2.24) is 9.78 Å². The summed E-state index contributed by atoms with van der Waals surface area (Å²) in [5, 5.41) is 7.09. The van der Waals surface area contributed by atoms with E-state index in [0.29, 0.717) is 5.69 Å². The van der Waals surface area contributed by atoms with Gasteiger partial charge in [0.2, 0.25) is 0 Å². The second kappa shape index (κ2) is 4.64. The van der Waals surface area contributed by atoms with Crippen LogP contribution >= 0.6 is 0 Å². The van der Waals surface area contributed by atoms with Gasteiger partial charge in [-0.05, 0) is 44.0 Å². The number of nitrogens with one attached hydrogen (secondary N) is 1. The number of amides is 1. The molecular weight excluding hydrogens is 226 g/mol. The van der Waals surface area contributed by atoms with Gasteiger partial charge in [-0.1, -0.05) is 12.1 Å². The molecule has 1 N–H and O–H groups in total. The van der Waals surface area contributed by atoms with E-state index in [0.717, 1.165) is 22.5 Å². The van der Waals surface area contributed by atoms with Crippen LogP contribution in [0.3, 0.4) is 0 Å². The minimum atomic E-state index is -0.133. The molecule has 0 bridgehead atoms. The van der Waals surface area contributed by atoms with E-state index in [9.17, 15) is 4.79 Å². The first-order valence-electron chi connectivity index (χ1n) is 5.86. The summed E-state index contributed by atoms with van der Waals surface area (Å²) in [6, 6.07) is 7.77. The van der Waals surface area contributed by atoms with Gasteiger partial charge in [-0.3, -0.25) is 9.48 Å². The van der Waals surface area contributed by atoms with Gasteiger partial charge in [-0.15, -0.1) is 0 Å². The molecule has 94 valence electrons. The molecule has 0 saturated carbocycles. The van der Waals surface area contributed by atoms with Gasteiger partial charge < -0.3 is 5.32 Å². The number of aromatic nitrogens is 2. The Bertz CT molecular complexity index is 599. The van der Waals surface area contributed by atoms with Crippen LogP contribution in [0.4, 0.5) is 5.69 Å². The number of hydrogen-bond acceptors (Lipinski definition) is 2. The lowest BCUT2D eigenvalue weighted by atomic mass is 10.1. The summed E-state index contributed by atoms with van der Waals surface area (Å²) in [7, 11) is 1.77. The zero-order valence-corrected chi connectivity index (χ0v) is 11.1. The minimum Gasteiger partial charge on any atom is -0.320 e. The lowest BCUT2D eigenvalue weighted by Gasteiger charge is -2.09. The first-order valence-corrected chi connectivity index (χ1v) is 5.86. The lowest BCUT2D eigenvalue weighted by molar-refractivity contribution is 0.101. The molecule has 1 heterocycles. The standard InChI is InChI=1S/C14H17N3O/c1-9-5-6-10(2)12(7-9)15-14(18)13-8-11(3)16-17(13)4/h5-8H,1-4H3,(H,15,18). The van der Waals surface area contributed by atoms with E-state index >= 15 is 0 Å². The molecule has 0 aliphatic carbocycles. The van der Waals surface area contributed by atoms with Crippen molar-refractivity contribution in [1.29, 1.82) is 0 Å². The third-order valence-electron chi connectivity index (χ3n) is 2.88. The summed E-state index contributed by atoms with van der Waals surface area (Å²) in [5.41, 5.74) is 4.42. The van der Waals surface area contributed by atoms with Crippen LogP contribution in [0.25, 0.3) is 0 Å². The number of anilines is 1. The van der Waals surface area contributed by atoms with Crippen LogP contribution < -0.4 is 5.32 Å². The summed E-state index contributed by atoms with van der Waals surface area (Å²) in [6.07, 6.45) is 0. The summed E-state index contributed by atoms with van der Waals surface area (Å²) >= 11 is 0. The molecular formula is C14H17N3O. The molecule has 2 aromatic rings. The fourth-order valence-corrected chi connectivity index (χ4v) is 1.88. The van der Waals surface area contributed by atoms with Crippen molar-refractivity contribution in [2.45, 2.75) is 20.8 Å². The molecule has 0 fully saturated rings. The molecule has 0 aliphatic rings. The maximum Gasteiger partial charge on any atom is 0.273 e. The smallest absolute Gasteiger partial charge is 0.273 e. The van der Waals surface area contributed by atoms with Crippen LogP contribution in [-0.4, -0.2) is 15.7 Å². The zero-order valence-electron chi connectivity index (χ0n) is 11.1. The number of benzene rings is 1. The molecule has 0 radical (unpaired) electrons. The van der Waals surface area contributed by atoms with Gasteiger partial charge in [0.05, 0.1) is 5.69 Å². The summed E-state index contributed by atoms with van der Waals surface area (Å²) in [4.78, 5) is 12.1. The molecule has 1 aromatic heterocycles. The minimum absolute atomic E-state index is 0.133. The highest BCUT2D eigenvalue weighted by atomic mass is 16.2. The molecule has 0 saturated heterocycles. The third-order valence-corrected chi connectivity index (χ3v) is 2.88. The first-order chi connectivity index (χ1) is 8.47. The van der Waals surface area contributed by atoms with Crippen LogP contribution in [0.1, 0.15) is 27.3 Å². The van der Waals surface area contributed by atoms with Crippen molar-refractivity contribution in [3.05, 3.63) is 46.8 Å². The average Bonchev–Trinajstić information content (AvgIpc) is 2.63. The molecule has 18 heavy (non-hydrogen) atoms. The van der Waals surface area contributed by atoms with E-state index in [2.05, 4.69) is 10.4 Å². The largest absolute Gasteiger partial charge is 0.320 e. The van der Waals surface area contributed by atoms with Gasteiger partial charge in [0, 0.05) is 12.7 Å². The van der Waals surface area contributed by atoms with E-state index < -0.39 is 0 Å². The molecule has 1 aromatic carbocycles. The quantitative estimate of drug-likeness (QED) is 0.881. The summed E-state index contributed by atoms with van der Waals surface area (Å²) in [5.74, 6) is -0.133. The number of rotatable bonds is 2. The van der Waals surface area contributed by atoms with Crippen LogP contribution in [0, 0.1) is 20.8 Å². The number of nitrogens with zero attached hydrogens (tertiary/aromatic N) is 2. The highest BCUT2D eigenvalue weighted by Gasteiger charge is 2.12. The Morgan fingerprint density at radius 1 is 1.22 bits per heavy atom. The number of aryl methyl sites for hydroxylation is 4. The van der Waals surface area contributed by atoms with Crippen molar-refractivity contribution in [2.75, 3.05) is 5.32 Å². The third kappa shape index (κ3) is 2.42. The van der Waals surface area contributed by atoms with E-state index in [1.54, 1.807) is 17.8 Å². The lowest BCUT2D eigenvalue weighted by Crippen LogP contribution is -2.16. The monoisotopic (exact) mass is 243 g/mol. The number of hydrogen-bond donors (Lipinski definition) is 1. The molecule has 0 atom stereocenters. The summed E-state index contributed by atoms with van der Waals surface area (Å²) in [6.45, 7) is 5.85. The molecule has 2 rings (SSSR count). The average molecular weight is 243 g/mol. The van der Waals surface area contributed by atoms with Gasteiger partial charge in [-0.2, -0.15) is 5.10 Å². The SMILES string of the molecule is Cc1ccc(C)c(NC(=O)c2cc(C)nn2C)c1. The van der Waals surface area contributed by atoms with Crippen molar-refractivity contribution >= 4 is 11.6 Å². The molecule has 4 heteroatoms. The summed E-state index contributed by atoms with van der Waals surface area (Å²) < 4.78 is 1.59. The van der Waals surface area contributed by atoms with Crippen molar-refractivity contribution in [3.8, 4) is 0 Å². The second-order valence-corrected chi connectivity index (χ2v) is 4.57. The molecule has 0 aliphatic heterocycles. The topological polar surface area (TPSA) is 46.9 Å². The fourth-order valence-electron chi connectivity index (χ4n) is 1.88. The van der Waals surface area contributed by atoms with E-state index in [4.69, 9.17) is 0 Å². The van der Waals surface area contributed by atoms with Gasteiger partial charge in [0.25, 0.3) is 5.91 Å². The Balaban J connectivity index is 2.26. The van der Waals surface area contributed by atoms with Gasteiger partial charge in [0.1, 0.15) is 5.69 Å². The zero-order chi connectivity index (χ0) is 13.3. The Morgan fingerprint density at radius 3 is 2.56 bits per heavy atom. The first kappa shape index (κ1) is 12.4. The highest BCUT2D eigenvalue weighted by molar-refractivity contribution is 6.03. The van der Waals surface area contributed by atoms with Gasteiger partial charge in [0.15, 0.2) is 0 Å². The van der Waals surface area contributed by atoms with Crippen LogP contribution in [-0.2, 0) is 7.05 Å². The van der Waals surface area contributed by atoms with Crippen molar-refractivity contribution in [2.24, 2.45) is 7.05 Å². The second-order valence-electron chi connectivity index (χ2n) is 4.57. The van der Waals surface area contributed by atoms with Crippen LogP contribution in [0.2, 0.25) is 0 Å². The predicted octanol–water partition coefficient (Wildman–Crippen LogP) is 2.60. The Labute approximate surface area is 107 Å². The van der Waals surface area contributed by atoms with E-state index in [1.165, 1.54) is 0 Å². The maximum atomic E-state index is 12.1. The highest BCUT2D eigenvalue weighted by Crippen LogP contribution is 2.17. The van der Waals surface area contributed by atoms with Crippen molar-refractivity contribution < 1.29 is 4.79 Å². The van der Waals surface area contributed by atoms with Gasteiger partial charge >= 0.3 is 0 Å².